The molecular weight excluding hydrogens is 142 g/mol. The van der Waals surface area contributed by atoms with E-state index in [0.717, 1.165) is 0 Å². The Kier molecular flexibility index (Phi) is 1.40. The SMILES string of the molecule is Nc1n[nH]cc(Cl)c1=O. The monoisotopic (exact) mass is 145 g/mol. The normalized spacial score (nSPS) is 9.44. The van der Waals surface area contributed by atoms with Crippen molar-refractivity contribution in [1.82, 2.24) is 10.2 Å². The van der Waals surface area contributed by atoms with Crippen LogP contribution in [-0.4, -0.2) is 10.2 Å². The van der Waals surface area contributed by atoms with Crippen LogP contribution in [0.1, 0.15) is 0 Å². The van der Waals surface area contributed by atoms with E-state index >= 15 is 0 Å². The van der Waals surface area contributed by atoms with E-state index in [9.17, 15) is 4.79 Å². The average molecular weight is 146 g/mol. The molecule has 0 radical (unpaired) electrons. The maximum atomic E-state index is 10.6. The van der Waals surface area contributed by atoms with Crippen LogP contribution in [0.25, 0.3) is 0 Å². The Morgan fingerprint density at radius 1 is 1.78 bits per heavy atom. The van der Waals surface area contributed by atoms with Gasteiger partial charge in [-0.3, -0.25) is 9.89 Å². The Hall–Kier alpha value is -1.03. The van der Waals surface area contributed by atoms with Gasteiger partial charge in [0.05, 0.1) is 0 Å². The smallest absolute Gasteiger partial charge is 0.242 e. The van der Waals surface area contributed by atoms with E-state index in [-0.39, 0.29) is 10.8 Å². The lowest BCUT2D eigenvalue weighted by Gasteiger charge is -1.88. The van der Waals surface area contributed by atoms with Crippen LogP contribution >= 0.6 is 11.6 Å². The third-order valence-corrected chi connectivity index (χ3v) is 1.11. The highest BCUT2D eigenvalue weighted by Gasteiger charge is 1.97. The third kappa shape index (κ3) is 1.02. The zero-order chi connectivity index (χ0) is 6.85. The molecule has 1 aromatic heterocycles. The first-order valence-electron chi connectivity index (χ1n) is 2.21. The van der Waals surface area contributed by atoms with Crippen molar-refractivity contribution < 1.29 is 0 Å². The minimum Gasteiger partial charge on any atom is -0.379 e. The van der Waals surface area contributed by atoms with Gasteiger partial charge in [-0.15, -0.1) is 0 Å². The summed E-state index contributed by atoms with van der Waals surface area (Å²) < 4.78 is 0. The van der Waals surface area contributed by atoms with Crippen molar-refractivity contribution in [3.05, 3.63) is 21.4 Å². The van der Waals surface area contributed by atoms with E-state index in [1.807, 2.05) is 0 Å². The van der Waals surface area contributed by atoms with E-state index < -0.39 is 5.43 Å². The highest BCUT2D eigenvalue weighted by Crippen LogP contribution is 1.96. The van der Waals surface area contributed by atoms with Gasteiger partial charge in [0.2, 0.25) is 5.43 Å². The summed E-state index contributed by atoms with van der Waals surface area (Å²) in [4.78, 5) is 10.6. The van der Waals surface area contributed by atoms with E-state index in [1.54, 1.807) is 0 Å². The van der Waals surface area contributed by atoms with E-state index in [4.69, 9.17) is 17.3 Å². The predicted molar refractivity (Wildman–Crippen MR) is 34.3 cm³/mol. The highest BCUT2D eigenvalue weighted by atomic mass is 35.5. The number of nitrogen functional groups attached to an aromatic ring is 1. The number of nitrogens with zero attached hydrogens (tertiary/aromatic N) is 1. The Morgan fingerprint density at radius 3 is 2.89 bits per heavy atom. The summed E-state index contributed by atoms with van der Waals surface area (Å²) in [7, 11) is 0. The highest BCUT2D eigenvalue weighted by molar-refractivity contribution is 6.30. The molecule has 0 aliphatic carbocycles. The molecule has 0 saturated heterocycles. The van der Waals surface area contributed by atoms with Crippen LogP contribution < -0.4 is 11.2 Å². The van der Waals surface area contributed by atoms with Gasteiger partial charge in [0.15, 0.2) is 5.82 Å². The second-order valence-corrected chi connectivity index (χ2v) is 1.85. The lowest BCUT2D eigenvalue weighted by molar-refractivity contribution is 1.03. The number of nitrogens with two attached hydrogens (primary N) is 1. The van der Waals surface area contributed by atoms with Gasteiger partial charge < -0.3 is 5.73 Å². The maximum Gasteiger partial charge on any atom is 0.242 e. The van der Waals surface area contributed by atoms with Gasteiger partial charge in [-0.2, -0.15) is 5.10 Å². The Labute approximate surface area is 55.6 Å². The topological polar surface area (TPSA) is 71.8 Å². The second-order valence-electron chi connectivity index (χ2n) is 1.45. The van der Waals surface area contributed by atoms with Crippen molar-refractivity contribution in [2.75, 3.05) is 5.73 Å². The van der Waals surface area contributed by atoms with Crippen molar-refractivity contribution in [3.63, 3.8) is 0 Å². The van der Waals surface area contributed by atoms with Crippen LogP contribution in [0.2, 0.25) is 5.02 Å². The molecule has 5 heteroatoms. The molecule has 0 aliphatic heterocycles. The average Bonchev–Trinajstić information content (AvgIpc) is 1.83. The summed E-state index contributed by atoms with van der Waals surface area (Å²) >= 11 is 5.35. The van der Waals surface area contributed by atoms with Crippen molar-refractivity contribution in [2.24, 2.45) is 0 Å². The first kappa shape index (κ1) is 6.10. The maximum absolute atomic E-state index is 10.6. The molecule has 0 atom stereocenters. The Morgan fingerprint density at radius 2 is 2.44 bits per heavy atom. The van der Waals surface area contributed by atoms with Crippen molar-refractivity contribution in [1.29, 1.82) is 0 Å². The summed E-state index contributed by atoms with van der Waals surface area (Å²) in [5, 5.41) is 5.82. The second kappa shape index (κ2) is 2.06. The molecule has 0 aliphatic rings. The van der Waals surface area contributed by atoms with Gasteiger partial charge in [0, 0.05) is 6.20 Å². The zero-order valence-corrected chi connectivity index (χ0v) is 5.14. The lowest BCUT2D eigenvalue weighted by atomic mass is 10.5. The number of H-pyrrole nitrogens is 1. The standard InChI is InChI=1S/C4H4ClN3O/c5-2-1-7-8-4(6)3(2)9/h1H,(H2,6,8)(H,7,9). The quantitative estimate of drug-likeness (QED) is 0.540. The summed E-state index contributed by atoms with van der Waals surface area (Å²) in [6.07, 6.45) is 1.28. The number of rotatable bonds is 0. The molecule has 3 N–H and O–H groups in total. The van der Waals surface area contributed by atoms with Gasteiger partial charge in [-0.1, -0.05) is 11.6 Å². The fraction of sp³-hybridized carbons (Fsp3) is 0. The Bertz CT molecular complexity index is 246. The van der Waals surface area contributed by atoms with Gasteiger partial charge in [-0.25, -0.2) is 0 Å². The van der Waals surface area contributed by atoms with E-state index in [1.165, 1.54) is 6.20 Å². The first-order valence-corrected chi connectivity index (χ1v) is 2.58. The number of halogens is 1. The number of aromatic amines is 1. The first-order chi connectivity index (χ1) is 4.22. The van der Waals surface area contributed by atoms with Crippen LogP contribution in [0.4, 0.5) is 5.82 Å². The molecule has 0 bridgehead atoms. The fourth-order valence-corrected chi connectivity index (χ4v) is 0.543. The summed E-state index contributed by atoms with van der Waals surface area (Å²) in [5.41, 5.74) is 4.65. The van der Waals surface area contributed by atoms with Crippen LogP contribution in [0, 0.1) is 0 Å². The predicted octanol–water partition coefficient (Wildman–Crippen LogP) is 0.00550. The number of nitrogens with one attached hydrogen (secondary N) is 1. The summed E-state index contributed by atoms with van der Waals surface area (Å²) in [6, 6.07) is 0. The number of aromatic nitrogens is 2. The molecule has 0 saturated carbocycles. The minimum atomic E-state index is -0.435. The summed E-state index contributed by atoms with van der Waals surface area (Å²) in [5.74, 6) is -0.109. The molecule has 4 nitrogen and oxygen atoms in total. The molecule has 48 valence electrons. The fourth-order valence-electron chi connectivity index (χ4n) is 0.397. The molecule has 0 aromatic carbocycles. The van der Waals surface area contributed by atoms with Gasteiger partial charge in [0.25, 0.3) is 0 Å². The molecule has 1 heterocycles. The van der Waals surface area contributed by atoms with Gasteiger partial charge >= 0.3 is 0 Å². The zero-order valence-electron chi connectivity index (χ0n) is 4.39. The van der Waals surface area contributed by atoms with Crippen LogP contribution in [0.3, 0.4) is 0 Å². The van der Waals surface area contributed by atoms with Crippen LogP contribution in [0.15, 0.2) is 11.0 Å². The molecule has 1 rings (SSSR count). The van der Waals surface area contributed by atoms with Gasteiger partial charge in [-0.05, 0) is 0 Å². The van der Waals surface area contributed by atoms with Gasteiger partial charge in [0.1, 0.15) is 5.02 Å². The minimum absolute atomic E-state index is 0.0579. The molecule has 0 fully saturated rings. The number of hydrogen-bond acceptors (Lipinski definition) is 3. The van der Waals surface area contributed by atoms with Crippen molar-refractivity contribution in [2.45, 2.75) is 0 Å². The molecule has 1 aromatic rings. The van der Waals surface area contributed by atoms with Crippen molar-refractivity contribution >= 4 is 17.4 Å². The van der Waals surface area contributed by atoms with E-state index in [0.29, 0.717) is 0 Å². The lowest BCUT2D eigenvalue weighted by Crippen LogP contribution is -2.11. The van der Waals surface area contributed by atoms with Crippen LogP contribution in [0.5, 0.6) is 0 Å². The third-order valence-electron chi connectivity index (χ3n) is 0.826. The van der Waals surface area contributed by atoms with Crippen LogP contribution in [-0.2, 0) is 0 Å². The largest absolute Gasteiger partial charge is 0.379 e. The molecule has 0 unspecified atom stereocenters. The number of hydrogen-bond donors (Lipinski definition) is 2. The molecular formula is C4H4ClN3O. The number of anilines is 1. The molecule has 0 spiro atoms. The van der Waals surface area contributed by atoms with E-state index in [2.05, 4.69) is 10.2 Å². The Balaban J connectivity index is 3.43. The molecule has 0 amide bonds. The molecule has 9 heavy (non-hydrogen) atoms. The van der Waals surface area contributed by atoms with Crippen molar-refractivity contribution in [3.8, 4) is 0 Å². The summed E-state index contributed by atoms with van der Waals surface area (Å²) in [6.45, 7) is 0.